The molecule has 0 aromatic heterocycles. The zero-order valence-corrected chi connectivity index (χ0v) is 13.1. The quantitative estimate of drug-likeness (QED) is 0.860. The van der Waals surface area contributed by atoms with Crippen LogP contribution in [0.5, 0.6) is 0 Å². The van der Waals surface area contributed by atoms with E-state index in [-0.39, 0.29) is 30.6 Å². The fraction of sp³-hybridized carbons (Fsp3) is 0.438. The van der Waals surface area contributed by atoms with Gasteiger partial charge in [-0.05, 0) is 38.7 Å². The lowest BCUT2D eigenvalue weighted by molar-refractivity contribution is -0.117. The van der Waals surface area contributed by atoms with E-state index in [9.17, 15) is 4.79 Å². The lowest BCUT2D eigenvalue weighted by Gasteiger charge is -2.32. The maximum Gasteiger partial charge on any atom is 0.494 e. The van der Waals surface area contributed by atoms with Crippen LogP contribution in [-0.4, -0.2) is 24.2 Å². The fourth-order valence-corrected chi connectivity index (χ4v) is 2.10. The number of amides is 1. The Morgan fingerprint density at radius 3 is 2.43 bits per heavy atom. The number of primary amides is 1. The Hall–Kier alpha value is -1.59. The Morgan fingerprint density at radius 2 is 1.86 bits per heavy atom. The highest BCUT2D eigenvalue weighted by Crippen LogP contribution is 2.36. The summed E-state index contributed by atoms with van der Waals surface area (Å²) < 4.78 is 12.1. The average molecular weight is 287 g/mol. The molecule has 21 heavy (non-hydrogen) atoms. The number of benzene rings is 1. The Bertz CT molecular complexity index is 550. The van der Waals surface area contributed by atoms with Gasteiger partial charge in [0.25, 0.3) is 0 Å². The standard InChI is InChI=1S/C16H22BNO3/c1-15(2)16(3,4)21-17(20-15)13-9-5-7-12(11-13)8-6-10-14(18)19/h5-9,11H,10H2,1-4H3,(H2,18,19). The summed E-state index contributed by atoms with van der Waals surface area (Å²) in [5.41, 5.74) is 6.37. The van der Waals surface area contributed by atoms with Gasteiger partial charge >= 0.3 is 7.12 Å². The minimum Gasteiger partial charge on any atom is -0.399 e. The average Bonchev–Trinajstić information content (AvgIpc) is 2.58. The van der Waals surface area contributed by atoms with Crippen molar-refractivity contribution in [3.05, 3.63) is 35.9 Å². The molecule has 0 atom stereocenters. The third-order valence-corrected chi connectivity index (χ3v) is 4.07. The lowest BCUT2D eigenvalue weighted by atomic mass is 9.78. The molecule has 0 unspecified atom stereocenters. The number of rotatable bonds is 4. The maximum atomic E-state index is 10.7. The molecule has 1 aliphatic heterocycles. The van der Waals surface area contributed by atoms with Crippen molar-refractivity contribution in [2.75, 3.05) is 0 Å². The SMILES string of the molecule is CC1(C)OB(c2cccc(C=CCC(N)=O)c2)OC1(C)C. The van der Waals surface area contributed by atoms with Crippen molar-refractivity contribution in [3.63, 3.8) is 0 Å². The summed E-state index contributed by atoms with van der Waals surface area (Å²) >= 11 is 0. The molecular formula is C16H22BNO3. The van der Waals surface area contributed by atoms with Gasteiger partial charge < -0.3 is 15.0 Å². The molecule has 1 fully saturated rings. The number of nitrogens with two attached hydrogens (primary N) is 1. The minimum absolute atomic E-state index is 0.237. The van der Waals surface area contributed by atoms with Crippen LogP contribution in [-0.2, 0) is 14.1 Å². The second-order valence-electron chi connectivity index (χ2n) is 6.33. The van der Waals surface area contributed by atoms with Crippen molar-refractivity contribution in [1.29, 1.82) is 0 Å². The van der Waals surface area contributed by atoms with Crippen molar-refractivity contribution in [1.82, 2.24) is 0 Å². The molecule has 5 heteroatoms. The first-order valence-corrected chi connectivity index (χ1v) is 7.12. The van der Waals surface area contributed by atoms with Crippen LogP contribution >= 0.6 is 0 Å². The Labute approximate surface area is 126 Å². The molecule has 0 spiro atoms. The molecule has 1 aromatic rings. The number of carbonyl (C=O) groups excluding carboxylic acids is 1. The molecule has 2 rings (SSSR count). The lowest BCUT2D eigenvalue weighted by Crippen LogP contribution is -2.41. The van der Waals surface area contributed by atoms with Crippen LogP contribution in [0.4, 0.5) is 0 Å². The predicted octanol–water partition coefficient (Wildman–Crippen LogP) is 1.87. The first kappa shape index (κ1) is 15.8. The third kappa shape index (κ3) is 3.54. The van der Waals surface area contributed by atoms with E-state index in [1.165, 1.54) is 0 Å². The monoisotopic (exact) mass is 287 g/mol. The Kier molecular flexibility index (Phi) is 4.26. The van der Waals surface area contributed by atoms with Crippen molar-refractivity contribution in [3.8, 4) is 0 Å². The summed E-state index contributed by atoms with van der Waals surface area (Å²) in [5.74, 6) is -0.339. The van der Waals surface area contributed by atoms with Gasteiger partial charge in [-0.1, -0.05) is 36.4 Å². The van der Waals surface area contributed by atoms with Gasteiger partial charge in [-0.3, -0.25) is 4.79 Å². The molecule has 4 nitrogen and oxygen atoms in total. The molecule has 0 radical (unpaired) electrons. The summed E-state index contributed by atoms with van der Waals surface area (Å²) in [6.45, 7) is 8.13. The van der Waals surface area contributed by atoms with Crippen LogP contribution < -0.4 is 11.2 Å². The number of hydrogen-bond donors (Lipinski definition) is 1. The molecule has 112 valence electrons. The second-order valence-corrected chi connectivity index (χ2v) is 6.33. The Balaban J connectivity index is 2.16. The fourth-order valence-electron chi connectivity index (χ4n) is 2.10. The molecule has 0 bridgehead atoms. The molecule has 1 aliphatic rings. The minimum atomic E-state index is -0.375. The van der Waals surface area contributed by atoms with Gasteiger partial charge in [-0.2, -0.15) is 0 Å². The first-order valence-electron chi connectivity index (χ1n) is 7.12. The summed E-state index contributed by atoms with van der Waals surface area (Å²) in [6.07, 6.45) is 3.87. The van der Waals surface area contributed by atoms with Crippen LogP contribution in [0.25, 0.3) is 6.08 Å². The molecule has 0 aliphatic carbocycles. The molecule has 0 saturated carbocycles. The van der Waals surface area contributed by atoms with Gasteiger partial charge in [0.05, 0.1) is 11.2 Å². The summed E-state index contributed by atoms with van der Waals surface area (Å²) in [7, 11) is -0.375. The molecule has 2 N–H and O–H groups in total. The highest BCUT2D eigenvalue weighted by molar-refractivity contribution is 6.62. The predicted molar refractivity (Wildman–Crippen MR) is 85.0 cm³/mol. The zero-order chi connectivity index (χ0) is 15.7. The van der Waals surface area contributed by atoms with Crippen LogP contribution in [0.3, 0.4) is 0 Å². The molecule has 1 heterocycles. The molecule has 1 saturated heterocycles. The third-order valence-electron chi connectivity index (χ3n) is 4.07. The summed E-state index contributed by atoms with van der Waals surface area (Å²) in [4.78, 5) is 10.7. The van der Waals surface area contributed by atoms with Crippen LogP contribution in [0, 0.1) is 0 Å². The van der Waals surface area contributed by atoms with E-state index < -0.39 is 0 Å². The Morgan fingerprint density at radius 1 is 1.24 bits per heavy atom. The summed E-state index contributed by atoms with van der Waals surface area (Å²) in [5, 5.41) is 0. The first-order chi connectivity index (χ1) is 9.71. The number of hydrogen-bond acceptors (Lipinski definition) is 3. The van der Waals surface area contributed by atoms with E-state index in [2.05, 4.69) is 0 Å². The molecule has 1 amide bonds. The van der Waals surface area contributed by atoms with E-state index in [1.807, 2.05) is 58.0 Å². The molecular weight excluding hydrogens is 265 g/mol. The van der Waals surface area contributed by atoms with Gasteiger partial charge in [0.2, 0.25) is 5.91 Å². The van der Waals surface area contributed by atoms with Gasteiger partial charge in [0.1, 0.15) is 0 Å². The normalized spacial score (nSPS) is 20.1. The van der Waals surface area contributed by atoms with Crippen molar-refractivity contribution in [2.24, 2.45) is 5.73 Å². The maximum absolute atomic E-state index is 10.7. The van der Waals surface area contributed by atoms with E-state index >= 15 is 0 Å². The van der Waals surface area contributed by atoms with E-state index in [4.69, 9.17) is 15.0 Å². The van der Waals surface area contributed by atoms with Gasteiger partial charge in [-0.25, -0.2) is 0 Å². The zero-order valence-electron chi connectivity index (χ0n) is 13.1. The second kappa shape index (κ2) is 5.66. The highest BCUT2D eigenvalue weighted by Gasteiger charge is 2.51. The topological polar surface area (TPSA) is 61.5 Å². The van der Waals surface area contributed by atoms with E-state index in [1.54, 1.807) is 6.08 Å². The van der Waals surface area contributed by atoms with Crippen molar-refractivity contribution < 1.29 is 14.1 Å². The van der Waals surface area contributed by atoms with E-state index in [0.717, 1.165) is 11.0 Å². The van der Waals surface area contributed by atoms with Gasteiger partial charge in [0.15, 0.2) is 0 Å². The van der Waals surface area contributed by atoms with Crippen LogP contribution in [0.1, 0.15) is 39.7 Å². The van der Waals surface area contributed by atoms with Gasteiger partial charge in [0, 0.05) is 6.42 Å². The van der Waals surface area contributed by atoms with Crippen LogP contribution in [0.15, 0.2) is 30.3 Å². The van der Waals surface area contributed by atoms with E-state index in [0.29, 0.717) is 0 Å². The largest absolute Gasteiger partial charge is 0.494 e. The van der Waals surface area contributed by atoms with Crippen LogP contribution in [0.2, 0.25) is 0 Å². The number of carbonyl (C=O) groups is 1. The van der Waals surface area contributed by atoms with Gasteiger partial charge in [-0.15, -0.1) is 0 Å². The van der Waals surface area contributed by atoms with Crippen molar-refractivity contribution in [2.45, 2.75) is 45.3 Å². The van der Waals surface area contributed by atoms with Crippen molar-refractivity contribution >= 4 is 24.6 Å². The smallest absolute Gasteiger partial charge is 0.399 e. The summed E-state index contributed by atoms with van der Waals surface area (Å²) in [6, 6.07) is 7.89. The molecule has 1 aromatic carbocycles. The highest BCUT2D eigenvalue weighted by atomic mass is 16.7.